The molecule has 1 aromatic carbocycles. The van der Waals surface area contributed by atoms with Crippen LogP contribution in [0.15, 0.2) is 41.1 Å². The molecule has 7 heteroatoms. The molecule has 0 saturated heterocycles. The van der Waals surface area contributed by atoms with Crippen molar-refractivity contribution in [3.8, 4) is 11.5 Å². The molecular weight excluding hydrogens is 248 g/mol. The van der Waals surface area contributed by atoms with Gasteiger partial charge in [0.2, 0.25) is 5.82 Å². The third-order valence-corrected chi connectivity index (χ3v) is 2.69. The molecule has 0 aliphatic heterocycles. The summed E-state index contributed by atoms with van der Waals surface area (Å²) in [5, 5.41) is 11.9. The van der Waals surface area contributed by atoms with Gasteiger partial charge in [0, 0.05) is 5.39 Å². The molecule has 0 fully saturated rings. The molecule has 0 atom stereocenters. The van der Waals surface area contributed by atoms with Crippen molar-refractivity contribution in [2.24, 2.45) is 0 Å². The first kappa shape index (κ1) is 11.1. The average molecular weight is 256 g/mol. The van der Waals surface area contributed by atoms with Crippen LogP contribution in [-0.4, -0.2) is 14.9 Å². The van der Waals surface area contributed by atoms with Crippen LogP contribution in [0.2, 0.25) is 0 Å². The molecule has 2 heterocycles. The van der Waals surface area contributed by atoms with Gasteiger partial charge in [-0.2, -0.15) is 0 Å². The first-order valence-corrected chi connectivity index (χ1v) is 5.40. The molecule has 0 aliphatic carbocycles. The molecule has 3 rings (SSSR count). The molecule has 3 aromatic rings. The summed E-state index contributed by atoms with van der Waals surface area (Å²) >= 11 is 0. The van der Waals surface area contributed by atoms with Crippen LogP contribution >= 0.6 is 0 Å². The molecule has 0 aliphatic rings. The lowest BCUT2D eigenvalue weighted by molar-refractivity contribution is -0.383. The van der Waals surface area contributed by atoms with Crippen LogP contribution in [0.3, 0.4) is 0 Å². The lowest BCUT2D eigenvalue weighted by Crippen LogP contribution is -2.01. The second-order valence-electron chi connectivity index (χ2n) is 3.86. The summed E-state index contributed by atoms with van der Waals surface area (Å²) in [6, 6.07) is 8.97. The lowest BCUT2D eigenvalue weighted by Gasteiger charge is -1.99. The maximum absolute atomic E-state index is 11.0. The fraction of sp³-hybridized carbons (Fsp3) is 0. The first-order valence-electron chi connectivity index (χ1n) is 5.40. The SMILES string of the molecule is Nc1ncnc(-c2cc3ccccc3o2)c1[N+](=O)[O-]. The number of fused-ring (bicyclic) bond motifs is 1. The van der Waals surface area contributed by atoms with Gasteiger partial charge in [-0.25, -0.2) is 9.97 Å². The Morgan fingerprint density at radius 2 is 2.05 bits per heavy atom. The smallest absolute Gasteiger partial charge is 0.340 e. The Labute approximate surface area is 106 Å². The number of hydrogen-bond acceptors (Lipinski definition) is 6. The van der Waals surface area contributed by atoms with Crippen molar-refractivity contribution in [1.29, 1.82) is 0 Å². The van der Waals surface area contributed by atoms with Gasteiger partial charge in [-0.05, 0) is 12.1 Å². The number of aromatic nitrogens is 2. The van der Waals surface area contributed by atoms with E-state index in [2.05, 4.69) is 9.97 Å². The zero-order chi connectivity index (χ0) is 13.4. The largest absolute Gasteiger partial charge is 0.454 e. The van der Waals surface area contributed by atoms with Crippen molar-refractivity contribution in [2.45, 2.75) is 0 Å². The highest BCUT2D eigenvalue weighted by Gasteiger charge is 2.24. The third kappa shape index (κ3) is 1.77. The minimum Gasteiger partial charge on any atom is -0.454 e. The van der Waals surface area contributed by atoms with Crippen LogP contribution in [0.4, 0.5) is 11.5 Å². The molecule has 2 aromatic heterocycles. The fourth-order valence-electron chi connectivity index (χ4n) is 1.85. The number of rotatable bonds is 2. The lowest BCUT2D eigenvalue weighted by atomic mass is 10.2. The predicted molar refractivity (Wildman–Crippen MR) is 68.3 cm³/mol. The van der Waals surface area contributed by atoms with Gasteiger partial charge in [0.05, 0.1) is 4.92 Å². The highest BCUT2D eigenvalue weighted by Crippen LogP contribution is 2.34. The maximum Gasteiger partial charge on any atom is 0.340 e. The topological polar surface area (TPSA) is 108 Å². The Kier molecular flexibility index (Phi) is 2.38. The Morgan fingerprint density at radius 3 is 2.79 bits per heavy atom. The maximum atomic E-state index is 11.0. The van der Waals surface area contributed by atoms with Gasteiger partial charge < -0.3 is 10.2 Å². The Bertz CT molecular complexity index is 748. The molecule has 0 saturated carbocycles. The van der Waals surface area contributed by atoms with Gasteiger partial charge in [0.15, 0.2) is 11.5 Å². The van der Waals surface area contributed by atoms with Crippen LogP contribution in [0.1, 0.15) is 0 Å². The number of para-hydroxylation sites is 1. The number of hydrogen-bond donors (Lipinski definition) is 1. The Morgan fingerprint density at radius 1 is 1.26 bits per heavy atom. The standard InChI is InChI=1S/C12H8N4O3/c13-12-11(16(17)18)10(14-6-15-12)9-5-7-3-1-2-4-8(7)19-9/h1-6H,(H2,13,14,15). The summed E-state index contributed by atoms with van der Waals surface area (Å²) < 4.78 is 5.55. The zero-order valence-electron chi connectivity index (χ0n) is 9.61. The van der Waals surface area contributed by atoms with E-state index in [9.17, 15) is 10.1 Å². The third-order valence-electron chi connectivity index (χ3n) is 2.69. The van der Waals surface area contributed by atoms with Gasteiger partial charge >= 0.3 is 5.69 Å². The normalized spacial score (nSPS) is 10.7. The van der Waals surface area contributed by atoms with Crippen LogP contribution < -0.4 is 5.73 Å². The van der Waals surface area contributed by atoms with E-state index in [0.717, 1.165) is 5.39 Å². The van der Waals surface area contributed by atoms with E-state index in [0.29, 0.717) is 11.3 Å². The van der Waals surface area contributed by atoms with Crippen molar-refractivity contribution in [3.05, 3.63) is 46.8 Å². The second kappa shape index (κ2) is 4.05. The number of nitrogens with zero attached hydrogens (tertiary/aromatic N) is 3. The molecule has 0 amide bonds. The molecule has 0 spiro atoms. The van der Waals surface area contributed by atoms with Crippen LogP contribution in [-0.2, 0) is 0 Å². The highest BCUT2D eigenvalue weighted by atomic mass is 16.6. The van der Waals surface area contributed by atoms with E-state index in [-0.39, 0.29) is 17.2 Å². The number of benzene rings is 1. The van der Waals surface area contributed by atoms with Crippen molar-refractivity contribution < 1.29 is 9.34 Å². The predicted octanol–water partition coefficient (Wildman–Crippen LogP) is 2.38. The monoisotopic (exact) mass is 256 g/mol. The van der Waals surface area contributed by atoms with E-state index in [1.807, 2.05) is 18.2 Å². The van der Waals surface area contributed by atoms with E-state index in [1.165, 1.54) is 6.33 Å². The van der Waals surface area contributed by atoms with Gasteiger partial charge in [0.1, 0.15) is 11.9 Å². The van der Waals surface area contributed by atoms with E-state index < -0.39 is 4.92 Å². The molecule has 7 nitrogen and oxygen atoms in total. The van der Waals surface area contributed by atoms with Crippen molar-refractivity contribution in [1.82, 2.24) is 9.97 Å². The van der Waals surface area contributed by atoms with Gasteiger partial charge in [-0.1, -0.05) is 18.2 Å². The summed E-state index contributed by atoms with van der Waals surface area (Å²) in [5.41, 5.74) is 5.88. The van der Waals surface area contributed by atoms with Crippen LogP contribution in [0, 0.1) is 10.1 Å². The second-order valence-corrected chi connectivity index (χ2v) is 3.86. The highest BCUT2D eigenvalue weighted by molar-refractivity contribution is 5.84. The van der Waals surface area contributed by atoms with Crippen molar-refractivity contribution in [3.63, 3.8) is 0 Å². The molecule has 0 radical (unpaired) electrons. The molecule has 2 N–H and O–H groups in total. The van der Waals surface area contributed by atoms with Gasteiger partial charge in [0.25, 0.3) is 0 Å². The number of nitrogens with two attached hydrogens (primary N) is 1. The number of anilines is 1. The van der Waals surface area contributed by atoms with E-state index in [4.69, 9.17) is 10.2 Å². The Hall–Kier alpha value is -2.96. The number of furan rings is 1. The summed E-state index contributed by atoms with van der Waals surface area (Å²) in [6.45, 7) is 0. The number of nitrogen functional groups attached to an aromatic ring is 1. The molecular formula is C12H8N4O3. The molecule has 0 bridgehead atoms. The summed E-state index contributed by atoms with van der Waals surface area (Å²) in [6.07, 6.45) is 1.17. The minimum absolute atomic E-state index is 0.0775. The quantitative estimate of drug-likeness (QED) is 0.557. The van der Waals surface area contributed by atoms with Gasteiger partial charge in [-0.15, -0.1) is 0 Å². The zero-order valence-corrected chi connectivity index (χ0v) is 9.61. The van der Waals surface area contributed by atoms with Crippen molar-refractivity contribution in [2.75, 3.05) is 5.73 Å². The average Bonchev–Trinajstić information content (AvgIpc) is 2.81. The van der Waals surface area contributed by atoms with Crippen molar-refractivity contribution >= 4 is 22.5 Å². The van der Waals surface area contributed by atoms with E-state index in [1.54, 1.807) is 12.1 Å². The van der Waals surface area contributed by atoms with E-state index >= 15 is 0 Å². The summed E-state index contributed by atoms with van der Waals surface area (Å²) in [7, 11) is 0. The van der Waals surface area contributed by atoms with Crippen LogP contribution in [0.5, 0.6) is 0 Å². The number of nitro groups is 1. The molecule has 0 unspecified atom stereocenters. The molecule has 94 valence electrons. The Balaban J connectivity index is 2.27. The summed E-state index contributed by atoms with van der Waals surface area (Å²) in [5.74, 6) is 0.109. The summed E-state index contributed by atoms with van der Waals surface area (Å²) in [4.78, 5) is 17.9. The fourth-order valence-corrected chi connectivity index (χ4v) is 1.85. The first-order chi connectivity index (χ1) is 9.16. The molecule has 19 heavy (non-hydrogen) atoms. The van der Waals surface area contributed by atoms with Gasteiger partial charge in [-0.3, -0.25) is 10.1 Å². The minimum atomic E-state index is -0.613. The van der Waals surface area contributed by atoms with Crippen LogP contribution in [0.25, 0.3) is 22.4 Å².